The number of benzene rings is 2. The minimum Gasteiger partial charge on any atom is -0.467 e. The van der Waals surface area contributed by atoms with E-state index in [-0.39, 0.29) is 24.5 Å². The molecule has 4 fully saturated rings. The fraction of sp³-hybridized carbons (Fsp3) is 0.500. The van der Waals surface area contributed by atoms with E-state index in [0.717, 1.165) is 34.6 Å². The van der Waals surface area contributed by atoms with Crippen molar-refractivity contribution in [3.63, 3.8) is 0 Å². The van der Waals surface area contributed by atoms with Gasteiger partial charge in [-0.05, 0) is 111 Å². The molecule has 0 aromatic heterocycles. The van der Waals surface area contributed by atoms with E-state index in [0.29, 0.717) is 5.56 Å². The van der Waals surface area contributed by atoms with E-state index in [4.69, 9.17) is 18.9 Å². The van der Waals surface area contributed by atoms with Crippen LogP contribution in [-0.4, -0.2) is 33.3 Å². The Morgan fingerprint density at radius 3 is 2.14 bits per heavy atom. The van der Waals surface area contributed by atoms with E-state index in [1.165, 1.54) is 51.2 Å². The molecule has 0 spiro atoms. The molecule has 4 aliphatic rings. The Hall–Kier alpha value is -2.81. The summed E-state index contributed by atoms with van der Waals surface area (Å²) in [5.41, 5.74) is 3.82. The van der Waals surface area contributed by atoms with Crippen LogP contribution in [0.5, 0.6) is 5.75 Å². The van der Waals surface area contributed by atoms with Crippen molar-refractivity contribution >= 4 is 5.97 Å². The van der Waals surface area contributed by atoms with Crippen molar-refractivity contribution < 1.29 is 23.7 Å². The van der Waals surface area contributed by atoms with E-state index in [2.05, 4.69) is 24.0 Å². The highest BCUT2D eigenvalue weighted by Gasteiger charge is 2.52. The molecule has 1 atom stereocenters. The smallest absolute Gasteiger partial charge is 0.337 e. The molecule has 0 radical (unpaired) electrons. The summed E-state index contributed by atoms with van der Waals surface area (Å²) in [5.74, 6) is 9.65. The molecule has 1 unspecified atom stereocenters. The number of rotatable bonds is 7. The predicted octanol–water partition coefficient (Wildman–Crippen LogP) is 5.69. The zero-order valence-corrected chi connectivity index (χ0v) is 20.8. The lowest BCUT2D eigenvalue weighted by atomic mass is 9.48. The summed E-state index contributed by atoms with van der Waals surface area (Å²) in [4.78, 5) is 11.7. The monoisotopic (exact) mass is 474 g/mol. The lowest BCUT2D eigenvalue weighted by Crippen LogP contribution is -2.48. The third-order valence-electron chi connectivity index (χ3n) is 8.10. The predicted molar refractivity (Wildman–Crippen MR) is 133 cm³/mol. The summed E-state index contributed by atoms with van der Waals surface area (Å²) in [6, 6.07) is 13.5. The van der Waals surface area contributed by atoms with Gasteiger partial charge >= 0.3 is 5.97 Å². The summed E-state index contributed by atoms with van der Waals surface area (Å²) in [6.07, 6.45) is 7.61. The molecule has 6 rings (SSSR count). The first kappa shape index (κ1) is 23.9. The number of methoxy groups -OCH3 is 2. The average molecular weight is 475 g/mol. The van der Waals surface area contributed by atoms with Crippen LogP contribution in [0.4, 0.5) is 0 Å². The van der Waals surface area contributed by atoms with E-state index in [9.17, 15) is 4.79 Å². The van der Waals surface area contributed by atoms with Crippen LogP contribution in [0.15, 0.2) is 42.5 Å². The molecule has 5 nitrogen and oxygen atoms in total. The Morgan fingerprint density at radius 1 is 0.943 bits per heavy atom. The first-order valence-electron chi connectivity index (χ1n) is 12.6. The van der Waals surface area contributed by atoms with Gasteiger partial charge in [0.2, 0.25) is 0 Å². The van der Waals surface area contributed by atoms with E-state index in [1.807, 2.05) is 25.1 Å². The summed E-state index contributed by atoms with van der Waals surface area (Å²) >= 11 is 0. The number of ether oxygens (including phenoxy) is 4. The summed E-state index contributed by atoms with van der Waals surface area (Å²) in [6.45, 7) is 2.02. The molecule has 35 heavy (non-hydrogen) atoms. The molecule has 4 bridgehead atoms. The van der Waals surface area contributed by atoms with Crippen LogP contribution in [0.1, 0.15) is 72.5 Å². The minimum absolute atomic E-state index is 0.159. The van der Waals surface area contributed by atoms with Crippen LogP contribution in [0, 0.1) is 29.6 Å². The van der Waals surface area contributed by atoms with Gasteiger partial charge in [0.1, 0.15) is 5.75 Å². The lowest BCUT2D eigenvalue weighted by Gasteiger charge is -2.57. The Balaban J connectivity index is 1.43. The van der Waals surface area contributed by atoms with E-state index >= 15 is 0 Å². The van der Waals surface area contributed by atoms with Gasteiger partial charge in [-0.15, -0.1) is 0 Å². The Morgan fingerprint density at radius 2 is 1.54 bits per heavy atom. The molecule has 0 aliphatic heterocycles. The zero-order chi connectivity index (χ0) is 24.4. The number of carbonyl (C=O) groups excluding carboxylic acids is 1. The van der Waals surface area contributed by atoms with Crippen LogP contribution >= 0.6 is 0 Å². The van der Waals surface area contributed by atoms with Crippen molar-refractivity contribution in [2.75, 3.05) is 21.0 Å². The first-order chi connectivity index (χ1) is 17.0. The fourth-order valence-corrected chi connectivity index (χ4v) is 6.80. The van der Waals surface area contributed by atoms with Crippen molar-refractivity contribution in [3.05, 3.63) is 64.7 Å². The summed E-state index contributed by atoms with van der Waals surface area (Å²) in [7, 11) is 3.01. The van der Waals surface area contributed by atoms with Crippen LogP contribution in [-0.2, 0) is 19.6 Å². The summed E-state index contributed by atoms with van der Waals surface area (Å²) < 4.78 is 21.8. The van der Waals surface area contributed by atoms with Gasteiger partial charge in [-0.3, -0.25) is 0 Å². The van der Waals surface area contributed by atoms with Crippen molar-refractivity contribution in [2.24, 2.45) is 17.8 Å². The molecular weight excluding hydrogens is 440 g/mol. The molecule has 0 amide bonds. The Labute approximate surface area is 208 Å². The first-order valence-corrected chi connectivity index (χ1v) is 12.6. The average Bonchev–Trinajstić information content (AvgIpc) is 2.86. The highest BCUT2D eigenvalue weighted by Crippen LogP contribution is 2.61. The summed E-state index contributed by atoms with van der Waals surface area (Å²) in [5, 5.41) is 0. The molecule has 0 heterocycles. The molecular formula is C30H34O5. The third-order valence-corrected chi connectivity index (χ3v) is 8.10. The Bertz CT molecular complexity index is 1090. The number of carbonyl (C=O) groups is 1. The maximum atomic E-state index is 11.7. The Kier molecular flexibility index (Phi) is 6.86. The molecule has 5 heteroatoms. The molecule has 4 saturated carbocycles. The second-order valence-corrected chi connectivity index (χ2v) is 10.5. The third kappa shape index (κ3) is 5.10. The lowest BCUT2D eigenvalue weighted by molar-refractivity contribution is -0.150. The highest BCUT2D eigenvalue weighted by molar-refractivity contribution is 5.89. The van der Waals surface area contributed by atoms with Gasteiger partial charge in [0.25, 0.3) is 0 Å². The van der Waals surface area contributed by atoms with Gasteiger partial charge in [-0.25, -0.2) is 4.79 Å². The van der Waals surface area contributed by atoms with E-state index < -0.39 is 0 Å². The molecule has 2 aromatic carbocycles. The van der Waals surface area contributed by atoms with Crippen molar-refractivity contribution in [3.8, 4) is 17.6 Å². The van der Waals surface area contributed by atoms with Crippen molar-refractivity contribution in [2.45, 2.75) is 57.2 Å². The van der Waals surface area contributed by atoms with Gasteiger partial charge in [-0.2, -0.15) is 0 Å². The molecule has 0 saturated heterocycles. The van der Waals surface area contributed by atoms with Gasteiger partial charge < -0.3 is 18.9 Å². The van der Waals surface area contributed by atoms with Crippen molar-refractivity contribution in [1.82, 2.24) is 0 Å². The van der Waals surface area contributed by atoms with E-state index in [1.54, 1.807) is 19.2 Å². The minimum atomic E-state index is -0.343. The fourth-order valence-electron chi connectivity index (χ4n) is 6.80. The number of esters is 1. The van der Waals surface area contributed by atoms with Crippen LogP contribution in [0.3, 0.4) is 0 Å². The van der Waals surface area contributed by atoms with Gasteiger partial charge in [-0.1, -0.05) is 11.8 Å². The molecule has 2 aromatic rings. The second kappa shape index (κ2) is 10.0. The van der Waals surface area contributed by atoms with Gasteiger partial charge in [0.15, 0.2) is 13.1 Å². The van der Waals surface area contributed by atoms with Gasteiger partial charge in [0.05, 0.1) is 12.7 Å². The maximum absolute atomic E-state index is 11.7. The topological polar surface area (TPSA) is 54.0 Å². The van der Waals surface area contributed by atoms with Crippen molar-refractivity contribution in [1.29, 1.82) is 0 Å². The van der Waals surface area contributed by atoms with Crippen LogP contribution < -0.4 is 4.74 Å². The van der Waals surface area contributed by atoms with Crippen LogP contribution in [0.2, 0.25) is 0 Å². The SMILES string of the molecule is COC(=O)c1ccc(C#Cc2ccc(OCOC(C)OC)c(C34CC5CC(CC(C5)C3)C4)c2)cc1. The van der Waals surface area contributed by atoms with Gasteiger partial charge in [0, 0.05) is 23.8 Å². The molecule has 0 N–H and O–H groups in total. The maximum Gasteiger partial charge on any atom is 0.337 e. The number of hydrogen-bond acceptors (Lipinski definition) is 5. The standard InChI is InChI=1S/C30H34O5/c1-20(32-2)34-19-35-28-11-8-22(5-4-21-6-9-26(10-7-21)29(31)33-3)15-27(28)30-16-23-12-24(17-30)14-25(13-23)18-30/h6-11,15,20,23-25H,12-14,16-19H2,1-3H3. The van der Waals surface area contributed by atoms with Crippen LogP contribution in [0.25, 0.3) is 0 Å². The largest absolute Gasteiger partial charge is 0.467 e. The normalized spacial score (nSPS) is 27.1. The quantitative estimate of drug-likeness (QED) is 0.293. The second-order valence-electron chi connectivity index (χ2n) is 10.5. The highest BCUT2D eigenvalue weighted by atomic mass is 16.7. The molecule has 4 aliphatic carbocycles. The zero-order valence-electron chi connectivity index (χ0n) is 20.8. The number of hydrogen-bond donors (Lipinski definition) is 0. The molecule has 184 valence electrons.